The molecule has 27 heavy (non-hydrogen) atoms. The molecule has 5 rings (SSSR count). The van der Waals surface area contributed by atoms with E-state index in [4.69, 9.17) is 0 Å². The lowest BCUT2D eigenvalue weighted by Gasteiger charge is -2.10. The van der Waals surface area contributed by atoms with E-state index >= 15 is 0 Å². The summed E-state index contributed by atoms with van der Waals surface area (Å²) in [5.74, 6) is 0.674. The minimum atomic E-state index is -0.566. The van der Waals surface area contributed by atoms with Gasteiger partial charge in [-0.25, -0.2) is 9.78 Å². The molecule has 4 N–H and O–H groups in total. The highest BCUT2D eigenvalue weighted by atomic mass is 16.2. The van der Waals surface area contributed by atoms with Crippen LogP contribution in [0.25, 0.3) is 11.7 Å². The van der Waals surface area contributed by atoms with Gasteiger partial charge >= 0.3 is 6.03 Å². The predicted octanol–water partition coefficient (Wildman–Crippen LogP) is 0.832. The summed E-state index contributed by atoms with van der Waals surface area (Å²) in [4.78, 5) is 39.7. The number of nitrogens with one attached hydrogen (secondary N) is 4. The van der Waals surface area contributed by atoms with E-state index in [1.807, 2.05) is 0 Å². The van der Waals surface area contributed by atoms with E-state index in [2.05, 4.69) is 31.3 Å². The normalized spacial score (nSPS) is 20.7. The number of carbonyl (C=O) groups is 3. The number of amides is 4. The lowest BCUT2D eigenvalue weighted by Crippen LogP contribution is -2.22. The van der Waals surface area contributed by atoms with Crippen molar-refractivity contribution >= 4 is 41.2 Å². The van der Waals surface area contributed by atoms with Crippen LogP contribution < -0.4 is 21.3 Å². The monoisotopic (exact) mass is 367 g/mol. The molecule has 4 amide bonds. The number of hydrogen-bond acceptors (Lipinski definition) is 6. The van der Waals surface area contributed by atoms with Crippen molar-refractivity contribution in [3.8, 4) is 0 Å². The molecular weight excluding hydrogens is 350 g/mol. The second-order valence-electron chi connectivity index (χ2n) is 7.01. The third kappa shape index (κ3) is 3.09. The molecule has 0 spiro atoms. The Morgan fingerprint density at radius 1 is 1.22 bits per heavy atom. The number of imide groups is 1. The summed E-state index contributed by atoms with van der Waals surface area (Å²) in [7, 11) is 0. The Labute approximate surface area is 153 Å². The van der Waals surface area contributed by atoms with Crippen LogP contribution >= 0.6 is 0 Å². The standard InChI is InChI=1S/C17H17N7O3/c25-15(8-1-2-8)22-12-6-13(19-10-3-4-10)24-14(21-12)9(7-18-24)5-11-16(26)23-17(27)20-11/h5-8,10,19H,1-4H2,(H,21,22,25)(H2,20,23,26,27). The van der Waals surface area contributed by atoms with Crippen LogP contribution in [0.4, 0.5) is 16.4 Å². The first-order chi connectivity index (χ1) is 13.1. The third-order valence-corrected chi connectivity index (χ3v) is 4.65. The molecule has 10 heteroatoms. The molecule has 10 nitrogen and oxygen atoms in total. The Morgan fingerprint density at radius 2 is 2.04 bits per heavy atom. The topological polar surface area (TPSA) is 130 Å². The second kappa shape index (κ2) is 5.79. The number of anilines is 2. The van der Waals surface area contributed by atoms with Gasteiger partial charge in [0, 0.05) is 23.6 Å². The minimum absolute atomic E-state index is 0.0360. The summed E-state index contributed by atoms with van der Waals surface area (Å²) >= 11 is 0. The summed E-state index contributed by atoms with van der Waals surface area (Å²) in [5, 5.41) is 15.2. The highest BCUT2D eigenvalue weighted by Crippen LogP contribution is 2.31. The highest BCUT2D eigenvalue weighted by Gasteiger charge is 2.30. The zero-order valence-electron chi connectivity index (χ0n) is 14.3. The van der Waals surface area contributed by atoms with E-state index in [1.54, 1.807) is 16.8 Å². The molecule has 138 valence electrons. The molecule has 1 aliphatic heterocycles. The molecule has 3 heterocycles. The molecule has 2 aliphatic carbocycles. The van der Waals surface area contributed by atoms with Crippen molar-refractivity contribution in [3.63, 3.8) is 0 Å². The van der Waals surface area contributed by atoms with Crippen LogP contribution in [0.5, 0.6) is 0 Å². The van der Waals surface area contributed by atoms with Crippen LogP contribution in [0.1, 0.15) is 31.2 Å². The van der Waals surface area contributed by atoms with Gasteiger partial charge in [-0.1, -0.05) is 0 Å². The Balaban J connectivity index is 1.55. The lowest BCUT2D eigenvalue weighted by molar-refractivity contribution is -0.117. The Hall–Kier alpha value is -3.43. The summed E-state index contributed by atoms with van der Waals surface area (Å²) < 4.78 is 1.63. The van der Waals surface area contributed by atoms with Gasteiger partial charge in [0.25, 0.3) is 5.91 Å². The van der Waals surface area contributed by atoms with Crippen LogP contribution in [-0.2, 0) is 9.59 Å². The average Bonchev–Trinajstić information content (AvgIpc) is 3.53. The van der Waals surface area contributed by atoms with Crippen molar-refractivity contribution in [2.45, 2.75) is 31.7 Å². The fraction of sp³-hybridized carbons (Fsp3) is 0.353. The van der Waals surface area contributed by atoms with Crippen molar-refractivity contribution in [2.75, 3.05) is 10.6 Å². The number of rotatable bonds is 5. The summed E-state index contributed by atoms with van der Waals surface area (Å²) in [6.45, 7) is 0. The number of urea groups is 1. The molecule has 0 atom stereocenters. The van der Waals surface area contributed by atoms with Crippen molar-refractivity contribution in [1.29, 1.82) is 0 Å². The first-order valence-electron chi connectivity index (χ1n) is 8.87. The molecule has 0 aromatic carbocycles. The van der Waals surface area contributed by atoms with Gasteiger partial charge in [0.05, 0.1) is 6.20 Å². The maximum absolute atomic E-state index is 12.1. The average molecular weight is 367 g/mol. The molecular formula is C17H17N7O3. The maximum atomic E-state index is 12.1. The van der Waals surface area contributed by atoms with Gasteiger partial charge in [-0.2, -0.15) is 9.61 Å². The number of hydrogen-bond donors (Lipinski definition) is 4. The smallest absolute Gasteiger partial charge is 0.326 e. The summed E-state index contributed by atoms with van der Waals surface area (Å²) in [6.07, 6.45) is 7.05. The van der Waals surface area contributed by atoms with Crippen LogP contribution in [-0.4, -0.2) is 38.5 Å². The third-order valence-electron chi connectivity index (χ3n) is 4.65. The van der Waals surface area contributed by atoms with Gasteiger partial charge < -0.3 is 16.0 Å². The van der Waals surface area contributed by atoms with Crippen LogP contribution in [0, 0.1) is 5.92 Å². The molecule has 0 bridgehead atoms. The quantitative estimate of drug-likeness (QED) is 0.458. The first-order valence-corrected chi connectivity index (χ1v) is 8.87. The van der Waals surface area contributed by atoms with E-state index in [1.165, 1.54) is 6.08 Å². The van der Waals surface area contributed by atoms with E-state index in [-0.39, 0.29) is 17.5 Å². The lowest BCUT2D eigenvalue weighted by atomic mass is 10.2. The Kier molecular flexibility index (Phi) is 3.39. The molecule has 3 aliphatic rings. The van der Waals surface area contributed by atoms with Gasteiger partial charge in [0.15, 0.2) is 5.65 Å². The van der Waals surface area contributed by atoms with Crippen molar-refractivity contribution in [1.82, 2.24) is 25.2 Å². The molecule has 0 unspecified atom stereocenters. The zero-order valence-corrected chi connectivity index (χ0v) is 14.3. The molecule has 2 aromatic rings. The molecule has 2 aromatic heterocycles. The molecule has 0 radical (unpaired) electrons. The highest BCUT2D eigenvalue weighted by molar-refractivity contribution is 6.14. The second-order valence-corrected chi connectivity index (χ2v) is 7.01. The predicted molar refractivity (Wildman–Crippen MR) is 95.6 cm³/mol. The number of aromatic nitrogens is 3. The van der Waals surface area contributed by atoms with Gasteiger partial charge in [-0.15, -0.1) is 0 Å². The van der Waals surface area contributed by atoms with E-state index in [0.717, 1.165) is 31.5 Å². The van der Waals surface area contributed by atoms with Gasteiger partial charge in [-0.05, 0) is 31.8 Å². The molecule has 1 saturated heterocycles. The Morgan fingerprint density at radius 3 is 2.70 bits per heavy atom. The van der Waals surface area contributed by atoms with Gasteiger partial charge in [0.2, 0.25) is 5.91 Å². The number of fused-ring (bicyclic) bond motifs is 1. The zero-order chi connectivity index (χ0) is 18.5. The number of carbonyl (C=O) groups excluding carboxylic acids is 3. The molecule has 3 fully saturated rings. The molecule has 2 saturated carbocycles. The maximum Gasteiger partial charge on any atom is 0.326 e. The fourth-order valence-corrected chi connectivity index (χ4v) is 2.90. The largest absolute Gasteiger partial charge is 0.367 e. The van der Waals surface area contributed by atoms with Crippen molar-refractivity contribution < 1.29 is 14.4 Å². The summed E-state index contributed by atoms with van der Waals surface area (Å²) in [5.41, 5.74) is 1.16. The van der Waals surface area contributed by atoms with Gasteiger partial charge in [-0.3, -0.25) is 14.9 Å². The summed E-state index contributed by atoms with van der Waals surface area (Å²) in [6, 6.07) is 1.58. The van der Waals surface area contributed by atoms with Crippen LogP contribution in [0.3, 0.4) is 0 Å². The Bertz CT molecular complexity index is 1020. The van der Waals surface area contributed by atoms with Crippen LogP contribution in [0.15, 0.2) is 18.0 Å². The van der Waals surface area contributed by atoms with E-state index in [0.29, 0.717) is 23.1 Å². The SMILES string of the molecule is O=C1NC(=O)C(=Cc2cnn3c(NC4CC4)cc(NC(=O)C4CC4)nc23)N1. The fourth-order valence-electron chi connectivity index (χ4n) is 2.90. The van der Waals surface area contributed by atoms with Crippen LogP contribution in [0.2, 0.25) is 0 Å². The van der Waals surface area contributed by atoms with E-state index < -0.39 is 11.9 Å². The van der Waals surface area contributed by atoms with E-state index in [9.17, 15) is 14.4 Å². The van der Waals surface area contributed by atoms with Crippen molar-refractivity contribution in [3.05, 3.63) is 23.5 Å². The number of nitrogens with zero attached hydrogens (tertiary/aromatic N) is 3. The van der Waals surface area contributed by atoms with Crippen molar-refractivity contribution in [2.24, 2.45) is 5.92 Å². The minimum Gasteiger partial charge on any atom is -0.367 e. The first kappa shape index (κ1) is 15.8. The van der Waals surface area contributed by atoms with Gasteiger partial charge in [0.1, 0.15) is 17.3 Å².